The minimum atomic E-state index is -5.08. The predicted octanol–water partition coefficient (Wildman–Crippen LogP) is 3.94. The lowest BCUT2D eigenvalue weighted by molar-refractivity contribution is -0.192. The number of pyridine rings is 1. The highest BCUT2D eigenvalue weighted by Crippen LogP contribution is 2.46. The molecule has 3 heterocycles. The number of aliphatic carboxylic acids is 1. The quantitative estimate of drug-likeness (QED) is 0.732. The summed E-state index contributed by atoms with van der Waals surface area (Å²) in [5.41, 5.74) is 2.84. The van der Waals surface area contributed by atoms with Gasteiger partial charge < -0.3 is 14.7 Å². The van der Waals surface area contributed by atoms with Crippen LogP contribution in [0.5, 0.6) is 0 Å². The fourth-order valence-corrected chi connectivity index (χ4v) is 5.14. The lowest BCUT2D eigenvalue weighted by Gasteiger charge is -2.47. The molecule has 0 aliphatic carbocycles. The van der Waals surface area contributed by atoms with Crippen LogP contribution in [0, 0.1) is 6.92 Å². The van der Waals surface area contributed by atoms with Crippen LogP contribution < -0.4 is 0 Å². The standard InChI is InChI=1S/C20H22N2O2S.C2HF3O2/c1-15-6-2-3-8-18(15)19(23)22-13-20(14-22)10-17(12-25-20)24-11-16-7-4-5-9-21-16;3-2(4,5)1(6)7/h2-9,17H,10-14H2,1H3;(H,6,7). The van der Waals surface area contributed by atoms with Gasteiger partial charge in [-0.25, -0.2) is 4.79 Å². The maximum absolute atomic E-state index is 12.7. The zero-order valence-electron chi connectivity index (χ0n) is 17.3. The third-order valence-corrected chi connectivity index (χ3v) is 6.81. The Morgan fingerprint density at radius 2 is 1.88 bits per heavy atom. The molecule has 0 saturated carbocycles. The maximum atomic E-state index is 12.7. The van der Waals surface area contributed by atoms with E-state index < -0.39 is 12.1 Å². The second kappa shape index (κ2) is 9.91. The number of hydrogen-bond acceptors (Lipinski definition) is 5. The third kappa shape index (κ3) is 6.01. The fraction of sp³-hybridized carbons (Fsp3) is 0.409. The minimum Gasteiger partial charge on any atom is -0.475 e. The Hall–Kier alpha value is -2.59. The molecular formula is C22H23F3N2O4S. The van der Waals surface area contributed by atoms with Crippen molar-refractivity contribution in [2.24, 2.45) is 0 Å². The predicted molar refractivity (Wildman–Crippen MR) is 113 cm³/mol. The van der Waals surface area contributed by atoms with Crippen molar-refractivity contribution in [2.75, 3.05) is 18.8 Å². The molecule has 2 aliphatic heterocycles. The summed E-state index contributed by atoms with van der Waals surface area (Å²) in [7, 11) is 0. The molecular weight excluding hydrogens is 445 g/mol. The zero-order valence-corrected chi connectivity index (χ0v) is 18.2. The summed E-state index contributed by atoms with van der Waals surface area (Å²) in [6, 6.07) is 13.7. The largest absolute Gasteiger partial charge is 0.490 e. The van der Waals surface area contributed by atoms with Gasteiger partial charge in [-0.3, -0.25) is 9.78 Å². The van der Waals surface area contributed by atoms with Crippen molar-refractivity contribution < 1.29 is 32.6 Å². The number of aromatic nitrogens is 1. The van der Waals surface area contributed by atoms with Crippen molar-refractivity contribution in [3.05, 3.63) is 65.5 Å². The van der Waals surface area contributed by atoms with Crippen LogP contribution >= 0.6 is 11.8 Å². The molecule has 0 radical (unpaired) electrons. The number of carbonyl (C=O) groups is 2. The van der Waals surface area contributed by atoms with E-state index in [0.29, 0.717) is 6.61 Å². The van der Waals surface area contributed by atoms with E-state index in [2.05, 4.69) is 4.98 Å². The molecule has 2 fully saturated rings. The normalized spacial score (nSPS) is 19.1. The number of thioether (sulfide) groups is 1. The molecule has 172 valence electrons. The van der Waals surface area contributed by atoms with Gasteiger partial charge in [0.15, 0.2) is 0 Å². The smallest absolute Gasteiger partial charge is 0.475 e. The highest BCUT2D eigenvalue weighted by molar-refractivity contribution is 8.01. The van der Waals surface area contributed by atoms with Gasteiger partial charge in [0.2, 0.25) is 0 Å². The number of halogens is 3. The Labute approximate surface area is 187 Å². The van der Waals surface area contributed by atoms with Crippen LogP contribution in [0.3, 0.4) is 0 Å². The minimum absolute atomic E-state index is 0.155. The highest BCUT2D eigenvalue weighted by Gasteiger charge is 2.51. The molecule has 0 bridgehead atoms. The average Bonchev–Trinajstić information content (AvgIpc) is 3.16. The van der Waals surface area contributed by atoms with Crippen molar-refractivity contribution in [3.8, 4) is 0 Å². The van der Waals surface area contributed by atoms with Crippen LogP contribution in [-0.4, -0.2) is 62.7 Å². The molecule has 1 unspecified atom stereocenters. The first-order valence-electron chi connectivity index (χ1n) is 9.90. The SMILES string of the molecule is Cc1ccccc1C(=O)N1CC2(CC(OCc3ccccn3)CS2)C1.O=C(O)C(F)(F)F. The summed E-state index contributed by atoms with van der Waals surface area (Å²) in [6.07, 6.45) is -2.02. The number of aryl methyl sites for hydroxylation is 1. The van der Waals surface area contributed by atoms with E-state index in [1.54, 1.807) is 6.20 Å². The van der Waals surface area contributed by atoms with Crippen molar-refractivity contribution in [3.63, 3.8) is 0 Å². The lowest BCUT2D eigenvalue weighted by atomic mass is 9.91. The Morgan fingerprint density at radius 1 is 1.22 bits per heavy atom. The van der Waals surface area contributed by atoms with Crippen molar-refractivity contribution in [1.82, 2.24) is 9.88 Å². The molecule has 1 atom stereocenters. The van der Waals surface area contributed by atoms with Gasteiger partial charge in [-0.1, -0.05) is 24.3 Å². The Balaban J connectivity index is 0.000000360. The lowest BCUT2D eigenvalue weighted by Crippen LogP contribution is -2.60. The summed E-state index contributed by atoms with van der Waals surface area (Å²) in [6.45, 7) is 4.21. The van der Waals surface area contributed by atoms with Gasteiger partial charge in [-0.05, 0) is 37.1 Å². The number of likely N-dealkylation sites (tertiary alicyclic amines) is 1. The van der Waals surface area contributed by atoms with E-state index in [1.165, 1.54) is 0 Å². The first-order valence-corrected chi connectivity index (χ1v) is 10.9. The molecule has 6 nitrogen and oxygen atoms in total. The van der Waals surface area contributed by atoms with E-state index in [-0.39, 0.29) is 16.8 Å². The molecule has 2 aromatic rings. The molecule has 1 aromatic carbocycles. The second-order valence-electron chi connectivity index (χ2n) is 7.73. The number of carboxylic acids is 1. The number of carbonyl (C=O) groups excluding carboxylic acids is 1. The number of benzene rings is 1. The van der Waals surface area contributed by atoms with Gasteiger partial charge in [-0.15, -0.1) is 11.8 Å². The number of hydrogen-bond donors (Lipinski definition) is 1. The van der Waals surface area contributed by atoms with E-state index in [0.717, 1.165) is 42.1 Å². The number of alkyl halides is 3. The molecule has 4 rings (SSSR count). The molecule has 2 aliphatic rings. The van der Waals surface area contributed by atoms with Gasteiger partial charge in [-0.2, -0.15) is 13.2 Å². The Bertz CT molecular complexity index is 950. The highest BCUT2D eigenvalue weighted by atomic mass is 32.2. The molecule has 1 aromatic heterocycles. The summed E-state index contributed by atoms with van der Waals surface area (Å²) in [5.74, 6) is -1.60. The molecule has 32 heavy (non-hydrogen) atoms. The topological polar surface area (TPSA) is 79.7 Å². The summed E-state index contributed by atoms with van der Waals surface area (Å²) in [4.78, 5) is 27.8. The number of amides is 1. The zero-order chi connectivity index (χ0) is 23.4. The van der Waals surface area contributed by atoms with Gasteiger partial charge in [0.25, 0.3) is 5.91 Å². The first kappa shape index (κ1) is 24.1. The summed E-state index contributed by atoms with van der Waals surface area (Å²) in [5, 5.41) is 7.12. The van der Waals surface area contributed by atoms with Crippen LogP contribution in [0.4, 0.5) is 13.2 Å². The molecule has 1 amide bonds. The van der Waals surface area contributed by atoms with Crippen LogP contribution in [-0.2, 0) is 16.1 Å². The van der Waals surface area contributed by atoms with Crippen molar-refractivity contribution in [1.29, 1.82) is 0 Å². The Morgan fingerprint density at radius 3 is 2.47 bits per heavy atom. The Kier molecular flexibility index (Phi) is 7.45. The van der Waals surface area contributed by atoms with Crippen LogP contribution in [0.25, 0.3) is 0 Å². The van der Waals surface area contributed by atoms with Gasteiger partial charge in [0.1, 0.15) is 0 Å². The van der Waals surface area contributed by atoms with Gasteiger partial charge in [0.05, 0.1) is 23.2 Å². The van der Waals surface area contributed by atoms with Crippen LogP contribution in [0.15, 0.2) is 48.7 Å². The fourth-order valence-electron chi connectivity index (χ4n) is 3.59. The van der Waals surface area contributed by atoms with Crippen molar-refractivity contribution >= 4 is 23.6 Å². The number of nitrogens with zero attached hydrogens (tertiary/aromatic N) is 2. The average molecular weight is 468 g/mol. The van der Waals surface area contributed by atoms with Crippen molar-refractivity contribution in [2.45, 2.75) is 37.0 Å². The van der Waals surface area contributed by atoms with E-state index in [1.807, 2.05) is 66.1 Å². The molecule has 2 saturated heterocycles. The van der Waals surface area contributed by atoms with Crippen LogP contribution in [0.1, 0.15) is 28.0 Å². The third-order valence-electron chi connectivity index (χ3n) is 5.23. The van der Waals surface area contributed by atoms with E-state index >= 15 is 0 Å². The number of carboxylic acid groups (broad SMARTS) is 1. The monoisotopic (exact) mass is 468 g/mol. The number of rotatable bonds is 4. The molecule has 1 spiro atoms. The molecule has 10 heteroatoms. The molecule has 1 N–H and O–H groups in total. The van der Waals surface area contributed by atoms with E-state index in [9.17, 15) is 18.0 Å². The maximum Gasteiger partial charge on any atom is 0.490 e. The van der Waals surface area contributed by atoms with E-state index in [4.69, 9.17) is 14.6 Å². The first-order chi connectivity index (χ1) is 15.1. The second-order valence-corrected chi connectivity index (χ2v) is 9.22. The number of ether oxygens (including phenoxy) is 1. The van der Waals surface area contributed by atoms with Gasteiger partial charge in [0, 0.05) is 30.6 Å². The van der Waals surface area contributed by atoms with Gasteiger partial charge >= 0.3 is 12.1 Å². The summed E-state index contributed by atoms with van der Waals surface area (Å²) >= 11 is 1.96. The van der Waals surface area contributed by atoms with Crippen LogP contribution in [0.2, 0.25) is 0 Å². The summed E-state index contributed by atoms with van der Waals surface area (Å²) < 4.78 is 38.0.